The summed E-state index contributed by atoms with van der Waals surface area (Å²) in [6.07, 6.45) is 5.71. The first kappa shape index (κ1) is 12.6. The molecular weight excluding hydrogens is 212 g/mol. The normalized spacial score (nSPS) is 18.0. The Kier molecular flexibility index (Phi) is 5.25. The summed E-state index contributed by atoms with van der Waals surface area (Å²) in [5.74, 6) is 1.06. The quantitative estimate of drug-likeness (QED) is 0.598. The summed E-state index contributed by atoms with van der Waals surface area (Å²) in [4.78, 5) is 11.3. The average Bonchev–Trinajstić information content (AvgIpc) is 2.19. The molecule has 0 unspecified atom stereocenters. The Morgan fingerprint density at radius 2 is 2.20 bits per heavy atom. The van der Waals surface area contributed by atoms with E-state index < -0.39 is 5.60 Å². The summed E-state index contributed by atoms with van der Waals surface area (Å²) in [5.41, 5.74) is -0.628. The first-order valence-corrected chi connectivity index (χ1v) is 6.79. The number of thioether (sulfide) groups is 1. The van der Waals surface area contributed by atoms with Crippen molar-refractivity contribution < 1.29 is 9.90 Å². The van der Waals surface area contributed by atoms with Gasteiger partial charge in [-0.2, -0.15) is 11.8 Å². The highest BCUT2D eigenvalue weighted by atomic mass is 32.2. The number of nitrogens with one attached hydrogen (secondary N) is 2. The number of aliphatic hydroxyl groups is 1. The fourth-order valence-electron chi connectivity index (χ4n) is 1.49. The van der Waals surface area contributed by atoms with Gasteiger partial charge in [-0.1, -0.05) is 0 Å². The lowest BCUT2D eigenvalue weighted by molar-refractivity contribution is -0.0290. The molecular formula is C10H20N2O2S. The molecule has 0 spiro atoms. The topological polar surface area (TPSA) is 61.4 Å². The minimum atomic E-state index is -0.628. The van der Waals surface area contributed by atoms with Gasteiger partial charge in [0, 0.05) is 13.1 Å². The highest BCUT2D eigenvalue weighted by Gasteiger charge is 2.34. The maximum absolute atomic E-state index is 11.3. The monoisotopic (exact) mass is 232 g/mol. The molecule has 1 fully saturated rings. The molecule has 1 aliphatic carbocycles. The van der Waals surface area contributed by atoms with Gasteiger partial charge in [-0.3, -0.25) is 0 Å². The lowest BCUT2D eigenvalue weighted by atomic mass is 9.80. The van der Waals surface area contributed by atoms with Crippen molar-refractivity contribution in [3.63, 3.8) is 0 Å². The standard InChI is InChI=1S/C10H20N2O2S/c1-15-7-3-6-11-9(13)12-8-10(14)4-2-5-10/h14H,2-8H2,1H3,(H2,11,12,13). The van der Waals surface area contributed by atoms with Gasteiger partial charge in [0.1, 0.15) is 0 Å². The molecule has 0 bridgehead atoms. The second-order valence-corrected chi connectivity index (χ2v) is 5.02. The number of rotatable bonds is 6. The number of carbonyl (C=O) groups is 1. The molecule has 0 aliphatic heterocycles. The van der Waals surface area contributed by atoms with Crippen molar-refractivity contribution in [1.29, 1.82) is 0 Å². The van der Waals surface area contributed by atoms with Gasteiger partial charge >= 0.3 is 6.03 Å². The van der Waals surface area contributed by atoms with Crippen LogP contribution in [0.15, 0.2) is 0 Å². The van der Waals surface area contributed by atoms with Gasteiger partial charge in [0.2, 0.25) is 0 Å². The third-order valence-electron chi connectivity index (χ3n) is 2.67. The zero-order chi connectivity index (χ0) is 11.1. The molecule has 4 nitrogen and oxygen atoms in total. The van der Waals surface area contributed by atoms with Crippen molar-refractivity contribution in [2.24, 2.45) is 0 Å². The lowest BCUT2D eigenvalue weighted by Gasteiger charge is -2.36. The van der Waals surface area contributed by atoms with E-state index in [9.17, 15) is 9.90 Å². The molecule has 88 valence electrons. The van der Waals surface area contributed by atoms with Crippen molar-refractivity contribution in [3.8, 4) is 0 Å². The van der Waals surface area contributed by atoms with Crippen LogP contribution in [0.3, 0.4) is 0 Å². The van der Waals surface area contributed by atoms with E-state index in [1.807, 2.05) is 6.26 Å². The molecule has 0 aromatic rings. The summed E-state index contributed by atoms with van der Waals surface area (Å²) in [5, 5.41) is 15.2. The van der Waals surface area contributed by atoms with Crippen LogP contribution in [0, 0.1) is 0 Å². The van der Waals surface area contributed by atoms with Gasteiger partial charge in [-0.15, -0.1) is 0 Å². The number of urea groups is 1. The van der Waals surface area contributed by atoms with Crippen LogP contribution in [-0.2, 0) is 0 Å². The maximum atomic E-state index is 11.3. The summed E-state index contributed by atoms with van der Waals surface area (Å²) in [6.45, 7) is 1.08. The van der Waals surface area contributed by atoms with Crippen molar-refractivity contribution >= 4 is 17.8 Å². The van der Waals surface area contributed by atoms with Gasteiger partial charge in [-0.25, -0.2) is 4.79 Å². The summed E-state index contributed by atoms with van der Waals surface area (Å²) < 4.78 is 0. The minimum Gasteiger partial charge on any atom is -0.388 e. The van der Waals surface area contributed by atoms with Crippen LogP contribution in [0.4, 0.5) is 4.79 Å². The number of hydrogen-bond acceptors (Lipinski definition) is 3. The van der Waals surface area contributed by atoms with Crippen LogP contribution in [0.2, 0.25) is 0 Å². The average molecular weight is 232 g/mol. The highest BCUT2D eigenvalue weighted by Crippen LogP contribution is 2.30. The Morgan fingerprint density at radius 3 is 2.73 bits per heavy atom. The fourth-order valence-corrected chi connectivity index (χ4v) is 1.92. The molecule has 1 aliphatic rings. The number of hydrogen-bond donors (Lipinski definition) is 3. The second-order valence-electron chi connectivity index (χ2n) is 4.03. The Morgan fingerprint density at radius 1 is 1.47 bits per heavy atom. The number of carbonyl (C=O) groups excluding carboxylic acids is 1. The maximum Gasteiger partial charge on any atom is 0.314 e. The first-order chi connectivity index (χ1) is 7.16. The van der Waals surface area contributed by atoms with Gasteiger partial charge in [0.25, 0.3) is 0 Å². The summed E-state index contributed by atoms with van der Waals surface area (Å²) >= 11 is 1.77. The van der Waals surface area contributed by atoms with Crippen LogP contribution >= 0.6 is 11.8 Å². The molecule has 1 rings (SSSR count). The van der Waals surface area contributed by atoms with E-state index in [1.54, 1.807) is 11.8 Å². The molecule has 2 amide bonds. The van der Waals surface area contributed by atoms with E-state index in [-0.39, 0.29) is 6.03 Å². The van der Waals surface area contributed by atoms with Gasteiger partial charge < -0.3 is 15.7 Å². The zero-order valence-corrected chi connectivity index (χ0v) is 10.0. The van der Waals surface area contributed by atoms with E-state index in [4.69, 9.17) is 0 Å². The van der Waals surface area contributed by atoms with Crippen molar-refractivity contribution in [1.82, 2.24) is 10.6 Å². The van der Waals surface area contributed by atoms with Crippen molar-refractivity contribution in [3.05, 3.63) is 0 Å². The Hall–Kier alpha value is -0.420. The molecule has 15 heavy (non-hydrogen) atoms. The highest BCUT2D eigenvalue weighted by molar-refractivity contribution is 7.98. The predicted octanol–water partition coefficient (Wildman–Crippen LogP) is 0.954. The SMILES string of the molecule is CSCCCNC(=O)NCC1(O)CCC1. The molecule has 1 saturated carbocycles. The molecule has 0 aromatic heterocycles. The predicted molar refractivity (Wildman–Crippen MR) is 63.2 cm³/mol. The largest absolute Gasteiger partial charge is 0.388 e. The Bertz CT molecular complexity index is 208. The third kappa shape index (κ3) is 4.75. The van der Waals surface area contributed by atoms with E-state index >= 15 is 0 Å². The molecule has 3 N–H and O–H groups in total. The lowest BCUT2D eigenvalue weighted by Crippen LogP contribution is -2.50. The van der Waals surface area contributed by atoms with Crippen molar-refractivity contribution in [2.75, 3.05) is 25.1 Å². The summed E-state index contributed by atoms with van der Waals surface area (Å²) in [7, 11) is 0. The van der Waals surface area contributed by atoms with E-state index in [0.29, 0.717) is 13.1 Å². The van der Waals surface area contributed by atoms with E-state index in [0.717, 1.165) is 31.4 Å². The molecule has 0 aromatic carbocycles. The Labute approximate surface area is 95.2 Å². The van der Waals surface area contributed by atoms with E-state index in [1.165, 1.54) is 0 Å². The molecule has 0 heterocycles. The Balaban J connectivity index is 1.98. The van der Waals surface area contributed by atoms with Crippen LogP contribution in [0.5, 0.6) is 0 Å². The van der Waals surface area contributed by atoms with Crippen molar-refractivity contribution in [2.45, 2.75) is 31.3 Å². The molecule has 0 atom stereocenters. The van der Waals surface area contributed by atoms with E-state index in [2.05, 4.69) is 10.6 Å². The summed E-state index contributed by atoms with van der Waals surface area (Å²) in [6, 6.07) is -0.170. The minimum absolute atomic E-state index is 0.170. The number of amides is 2. The third-order valence-corrected chi connectivity index (χ3v) is 3.37. The van der Waals surface area contributed by atoms with Gasteiger partial charge in [0.15, 0.2) is 0 Å². The van der Waals surface area contributed by atoms with Crippen LogP contribution in [-0.4, -0.2) is 41.8 Å². The molecule has 0 radical (unpaired) electrons. The van der Waals surface area contributed by atoms with Crippen LogP contribution in [0.1, 0.15) is 25.7 Å². The molecule has 5 heteroatoms. The first-order valence-electron chi connectivity index (χ1n) is 5.39. The smallest absolute Gasteiger partial charge is 0.314 e. The van der Waals surface area contributed by atoms with Crippen LogP contribution in [0.25, 0.3) is 0 Å². The zero-order valence-electron chi connectivity index (χ0n) is 9.21. The second kappa shape index (κ2) is 6.23. The van der Waals surface area contributed by atoms with Gasteiger partial charge in [-0.05, 0) is 37.7 Å². The fraction of sp³-hybridized carbons (Fsp3) is 0.900. The van der Waals surface area contributed by atoms with Gasteiger partial charge in [0.05, 0.1) is 5.60 Å². The molecule has 0 saturated heterocycles. The van der Waals surface area contributed by atoms with Crippen LogP contribution < -0.4 is 10.6 Å².